The molecule has 0 bridgehead atoms. The van der Waals surface area contributed by atoms with Crippen molar-refractivity contribution in [1.82, 2.24) is 0 Å². The van der Waals surface area contributed by atoms with E-state index in [1.54, 1.807) is 20.8 Å². The van der Waals surface area contributed by atoms with Gasteiger partial charge in [-0.1, -0.05) is 20.8 Å². The molecule has 0 atom stereocenters. The van der Waals surface area contributed by atoms with Crippen LogP contribution in [0.25, 0.3) is 0 Å². The van der Waals surface area contributed by atoms with Gasteiger partial charge in [0.1, 0.15) is 0 Å². The molecule has 0 heterocycles. The summed E-state index contributed by atoms with van der Waals surface area (Å²) in [6, 6.07) is 0. The molecule has 0 rings (SSSR count). The van der Waals surface area contributed by atoms with E-state index < -0.39 is 17.1 Å². The van der Waals surface area contributed by atoms with Gasteiger partial charge in [0.2, 0.25) is 5.78 Å². The average Bonchev–Trinajstić information content (AvgIpc) is 1.62. The van der Waals surface area contributed by atoms with Gasteiger partial charge in [0, 0.05) is 5.41 Å². The fourth-order valence-corrected chi connectivity index (χ4v) is 0.370. The van der Waals surface area contributed by atoms with E-state index in [-0.39, 0.29) is 0 Å². The second kappa shape index (κ2) is 2.17. The van der Waals surface area contributed by atoms with E-state index in [4.69, 9.17) is 5.73 Å². The number of hydrogen-bond acceptors (Lipinski definition) is 2. The maximum Gasteiger partial charge on any atom is 0.285 e. The Labute approximate surface area is 54.2 Å². The van der Waals surface area contributed by atoms with Gasteiger partial charge in [0.25, 0.3) is 5.91 Å². The van der Waals surface area contributed by atoms with Gasteiger partial charge in [-0.25, -0.2) is 0 Å². The van der Waals surface area contributed by atoms with Crippen molar-refractivity contribution < 1.29 is 9.59 Å². The Morgan fingerprint density at radius 3 is 1.56 bits per heavy atom. The summed E-state index contributed by atoms with van der Waals surface area (Å²) in [4.78, 5) is 20.9. The highest BCUT2D eigenvalue weighted by Crippen LogP contribution is 2.13. The zero-order chi connectivity index (χ0) is 7.65. The van der Waals surface area contributed by atoms with Crippen LogP contribution in [0, 0.1) is 5.41 Å². The zero-order valence-corrected chi connectivity index (χ0v) is 5.89. The van der Waals surface area contributed by atoms with E-state index in [9.17, 15) is 9.59 Å². The fraction of sp³-hybridized carbons (Fsp3) is 0.667. The van der Waals surface area contributed by atoms with Crippen LogP contribution in [0.2, 0.25) is 0 Å². The van der Waals surface area contributed by atoms with E-state index in [2.05, 4.69) is 0 Å². The summed E-state index contributed by atoms with van der Waals surface area (Å²) in [6.45, 7) is 4.96. The summed E-state index contributed by atoms with van der Waals surface area (Å²) in [5, 5.41) is 0. The highest BCUT2D eigenvalue weighted by atomic mass is 16.2. The molecule has 3 heteroatoms. The van der Waals surface area contributed by atoms with Gasteiger partial charge in [-0.15, -0.1) is 0 Å². The molecule has 1 amide bonds. The third kappa shape index (κ3) is 2.26. The molecule has 0 aliphatic carbocycles. The van der Waals surface area contributed by atoms with Gasteiger partial charge in [-0.2, -0.15) is 0 Å². The third-order valence-electron chi connectivity index (χ3n) is 0.905. The van der Waals surface area contributed by atoms with Crippen molar-refractivity contribution in [3.05, 3.63) is 0 Å². The molecule has 0 saturated carbocycles. The molecule has 0 unspecified atom stereocenters. The van der Waals surface area contributed by atoms with Crippen LogP contribution in [0.4, 0.5) is 0 Å². The number of amides is 1. The first-order valence-electron chi connectivity index (χ1n) is 2.70. The van der Waals surface area contributed by atoms with Crippen molar-refractivity contribution in [2.75, 3.05) is 0 Å². The minimum absolute atomic E-state index is 0.525. The predicted octanol–water partition coefficient (Wildman–Crippen LogP) is 0.0869. The second-order valence-corrected chi connectivity index (χ2v) is 2.94. The number of carbonyl (C=O) groups excluding carboxylic acids is 2. The Bertz CT molecular complexity index is 144. The molecule has 52 valence electrons. The van der Waals surface area contributed by atoms with E-state index in [1.165, 1.54) is 0 Å². The van der Waals surface area contributed by atoms with Gasteiger partial charge in [0.05, 0.1) is 0 Å². The lowest BCUT2D eigenvalue weighted by Crippen LogP contribution is -2.33. The first-order chi connectivity index (χ1) is 3.85. The summed E-state index contributed by atoms with van der Waals surface area (Å²) in [7, 11) is 0. The van der Waals surface area contributed by atoms with E-state index in [0.29, 0.717) is 0 Å². The van der Waals surface area contributed by atoms with Crippen molar-refractivity contribution in [1.29, 1.82) is 0 Å². The number of primary amides is 1. The summed E-state index contributed by atoms with van der Waals surface area (Å²) in [5.41, 5.74) is 4.10. The smallest absolute Gasteiger partial charge is 0.285 e. The molecular weight excluding hydrogens is 118 g/mol. The normalized spacial score (nSPS) is 11.0. The molecule has 0 aromatic heterocycles. The SMILES string of the molecule is CC(C)(C)C(=O)C(N)=O. The predicted molar refractivity (Wildman–Crippen MR) is 33.7 cm³/mol. The fourth-order valence-electron chi connectivity index (χ4n) is 0.370. The molecule has 0 radical (unpaired) electrons. The monoisotopic (exact) mass is 129 g/mol. The quantitative estimate of drug-likeness (QED) is 0.510. The van der Waals surface area contributed by atoms with E-state index >= 15 is 0 Å². The van der Waals surface area contributed by atoms with E-state index in [1.807, 2.05) is 0 Å². The maximum absolute atomic E-state index is 10.7. The van der Waals surface area contributed by atoms with Crippen molar-refractivity contribution >= 4 is 11.7 Å². The molecule has 0 spiro atoms. The number of hydrogen-bond donors (Lipinski definition) is 1. The van der Waals surface area contributed by atoms with Crippen molar-refractivity contribution in [2.24, 2.45) is 11.1 Å². The van der Waals surface area contributed by atoms with Crippen LogP contribution in [-0.4, -0.2) is 11.7 Å². The highest BCUT2D eigenvalue weighted by Gasteiger charge is 2.25. The summed E-state index contributed by atoms with van der Waals surface area (Å²) in [5.74, 6) is -1.38. The molecule has 9 heavy (non-hydrogen) atoms. The Hall–Kier alpha value is -0.860. The van der Waals surface area contributed by atoms with Gasteiger partial charge >= 0.3 is 0 Å². The molecule has 0 aromatic rings. The lowest BCUT2D eigenvalue weighted by Gasteiger charge is -2.12. The molecular formula is C6H11NO2. The van der Waals surface area contributed by atoms with Crippen LogP contribution in [0.15, 0.2) is 0 Å². The van der Waals surface area contributed by atoms with Gasteiger partial charge in [0.15, 0.2) is 0 Å². The Morgan fingerprint density at radius 2 is 1.56 bits per heavy atom. The lowest BCUT2D eigenvalue weighted by molar-refractivity contribution is -0.140. The van der Waals surface area contributed by atoms with Crippen LogP contribution in [0.3, 0.4) is 0 Å². The summed E-state index contributed by atoms with van der Waals surface area (Å²) < 4.78 is 0. The summed E-state index contributed by atoms with van der Waals surface area (Å²) >= 11 is 0. The molecule has 0 saturated heterocycles. The van der Waals surface area contributed by atoms with Crippen LogP contribution < -0.4 is 5.73 Å². The minimum Gasteiger partial charge on any atom is -0.363 e. The molecule has 3 nitrogen and oxygen atoms in total. The number of rotatable bonds is 1. The second-order valence-electron chi connectivity index (χ2n) is 2.94. The van der Waals surface area contributed by atoms with Gasteiger partial charge in [-0.05, 0) is 0 Å². The number of ketones is 1. The number of carbonyl (C=O) groups is 2. The Kier molecular flexibility index (Phi) is 1.96. The molecule has 2 N–H and O–H groups in total. The van der Waals surface area contributed by atoms with Crippen molar-refractivity contribution in [2.45, 2.75) is 20.8 Å². The minimum atomic E-state index is -0.859. The maximum atomic E-state index is 10.7. The van der Waals surface area contributed by atoms with Crippen LogP contribution in [-0.2, 0) is 9.59 Å². The zero-order valence-electron chi connectivity index (χ0n) is 5.89. The largest absolute Gasteiger partial charge is 0.363 e. The van der Waals surface area contributed by atoms with Gasteiger partial charge < -0.3 is 5.73 Å². The highest BCUT2D eigenvalue weighted by molar-refractivity contribution is 6.37. The molecule has 0 fully saturated rings. The Balaban J connectivity index is 4.23. The number of Topliss-reactive ketones (excluding diaryl/α,β-unsaturated/α-hetero) is 1. The van der Waals surface area contributed by atoms with Gasteiger partial charge in [-0.3, -0.25) is 9.59 Å². The topological polar surface area (TPSA) is 60.2 Å². The average molecular weight is 129 g/mol. The van der Waals surface area contributed by atoms with Crippen molar-refractivity contribution in [3.8, 4) is 0 Å². The Morgan fingerprint density at radius 1 is 1.22 bits per heavy atom. The first kappa shape index (κ1) is 8.14. The first-order valence-corrected chi connectivity index (χ1v) is 2.70. The summed E-state index contributed by atoms with van der Waals surface area (Å²) in [6.07, 6.45) is 0. The van der Waals surface area contributed by atoms with Crippen LogP contribution in [0.5, 0.6) is 0 Å². The van der Waals surface area contributed by atoms with Crippen LogP contribution >= 0.6 is 0 Å². The van der Waals surface area contributed by atoms with Crippen LogP contribution in [0.1, 0.15) is 20.8 Å². The molecule has 0 aliphatic heterocycles. The lowest BCUT2D eigenvalue weighted by atomic mass is 9.91. The number of nitrogens with two attached hydrogens (primary N) is 1. The molecule has 0 aromatic carbocycles. The molecule has 0 aliphatic rings. The van der Waals surface area contributed by atoms with E-state index in [0.717, 1.165) is 0 Å². The van der Waals surface area contributed by atoms with Crippen molar-refractivity contribution in [3.63, 3.8) is 0 Å². The standard InChI is InChI=1S/C6H11NO2/c1-6(2,3)4(8)5(7)9/h1-3H3,(H2,7,9). The third-order valence-corrected chi connectivity index (χ3v) is 0.905.